The smallest absolute Gasteiger partial charge is 0.449 e. The highest BCUT2D eigenvalue weighted by Crippen LogP contribution is 2.28. The Balaban J connectivity index is 1.54. The number of carbonyl (C=O) groups excluding carboxylic acids is 1. The number of ether oxygens (including phenoxy) is 3. The van der Waals surface area contributed by atoms with Gasteiger partial charge in [0.1, 0.15) is 6.61 Å². The summed E-state index contributed by atoms with van der Waals surface area (Å²) in [5.41, 5.74) is 1.52. The molecule has 0 saturated carbocycles. The van der Waals surface area contributed by atoms with Crippen LogP contribution in [0, 0.1) is 0 Å². The fourth-order valence-electron chi connectivity index (χ4n) is 3.38. The standard InChI is InChI=1S/C22H27NO7S/c1-2-3-4-5-19(24)15-6-8-16(9-7-15)23-17(13-29-21(23)25)12-28-14-18-10-11-20(31-18)30-22(26)27/h6-11,17,19,24H,2-5,12-14H2,1H3,(H,26,27)/t17?,19-/m0/s1. The Labute approximate surface area is 185 Å². The molecule has 2 aromatic rings. The molecule has 2 atom stereocenters. The lowest BCUT2D eigenvalue weighted by Gasteiger charge is -2.22. The van der Waals surface area contributed by atoms with Gasteiger partial charge in [-0.1, -0.05) is 38.3 Å². The normalized spacial score (nSPS) is 16.9. The van der Waals surface area contributed by atoms with E-state index >= 15 is 0 Å². The van der Waals surface area contributed by atoms with Crippen molar-refractivity contribution in [1.82, 2.24) is 0 Å². The Morgan fingerprint density at radius 2 is 2.03 bits per heavy atom. The summed E-state index contributed by atoms with van der Waals surface area (Å²) in [7, 11) is 0. The molecule has 168 valence electrons. The van der Waals surface area contributed by atoms with E-state index in [4.69, 9.17) is 14.6 Å². The van der Waals surface area contributed by atoms with E-state index in [-0.39, 0.29) is 30.9 Å². The minimum Gasteiger partial charge on any atom is -0.449 e. The first-order chi connectivity index (χ1) is 15.0. The Kier molecular flexibility index (Phi) is 8.27. The van der Waals surface area contributed by atoms with Gasteiger partial charge in [-0.15, -0.1) is 11.3 Å². The largest absolute Gasteiger partial charge is 0.512 e. The maximum atomic E-state index is 12.2. The quantitative estimate of drug-likeness (QED) is 0.369. The Bertz CT molecular complexity index is 867. The third-order valence-corrected chi connectivity index (χ3v) is 5.91. The maximum absolute atomic E-state index is 12.2. The van der Waals surface area contributed by atoms with Crippen LogP contribution >= 0.6 is 11.3 Å². The number of benzene rings is 1. The number of thiophene rings is 1. The van der Waals surface area contributed by atoms with Crippen LogP contribution in [0.5, 0.6) is 5.06 Å². The molecule has 0 radical (unpaired) electrons. The van der Waals surface area contributed by atoms with Crippen molar-refractivity contribution < 1.29 is 34.0 Å². The van der Waals surface area contributed by atoms with Gasteiger partial charge in [-0.05, 0) is 36.2 Å². The van der Waals surface area contributed by atoms with E-state index < -0.39 is 18.4 Å². The molecule has 0 aliphatic carbocycles. The molecule has 1 aromatic heterocycles. The summed E-state index contributed by atoms with van der Waals surface area (Å²) >= 11 is 1.19. The predicted octanol–water partition coefficient (Wildman–Crippen LogP) is 4.96. The number of aliphatic hydroxyl groups excluding tert-OH is 1. The van der Waals surface area contributed by atoms with E-state index in [1.54, 1.807) is 17.0 Å². The van der Waals surface area contributed by atoms with Crippen molar-refractivity contribution >= 4 is 29.3 Å². The zero-order chi connectivity index (χ0) is 22.2. The number of nitrogens with zero attached hydrogens (tertiary/aromatic N) is 1. The van der Waals surface area contributed by atoms with Gasteiger partial charge in [0.05, 0.1) is 25.4 Å². The predicted molar refractivity (Wildman–Crippen MR) is 116 cm³/mol. The average Bonchev–Trinajstić information content (AvgIpc) is 3.34. The van der Waals surface area contributed by atoms with Crippen molar-refractivity contribution in [2.24, 2.45) is 0 Å². The molecule has 1 saturated heterocycles. The lowest BCUT2D eigenvalue weighted by molar-refractivity contribution is 0.103. The van der Waals surface area contributed by atoms with Crippen molar-refractivity contribution in [2.45, 2.75) is 51.4 Å². The van der Waals surface area contributed by atoms with Gasteiger partial charge in [-0.25, -0.2) is 9.59 Å². The number of amides is 1. The summed E-state index contributed by atoms with van der Waals surface area (Å²) in [4.78, 5) is 25.2. The summed E-state index contributed by atoms with van der Waals surface area (Å²) in [5.74, 6) is 0. The van der Waals surface area contributed by atoms with Crippen molar-refractivity contribution in [1.29, 1.82) is 0 Å². The molecule has 8 nitrogen and oxygen atoms in total. The van der Waals surface area contributed by atoms with Crippen LogP contribution in [-0.4, -0.2) is 41.7 Å². The Hall–Kier alpha value is -2.62. The number of hydrogen-bond acceptors (Lipinski definition) is 7. The summed E-state index contributed by atoms with van der Waals surface area (Å²) in [6.07, 6.45) is 1.60. The van der Waals surface area contributed by atoms with Crippen LogP contribution in [-0.2, 0) is 16.1 Å². The zero-order valence-corrected chi connectivity index (χ0v) is 18.2. The topological polar surface area (TPSA) is 106 Å². The molecule has 1 fully saturated rings. The third-order valence-electron chi connectivity index (χ3n) is 4.98. The fraction of sp³-hybridized carbons (Fsp3) is 0.455. The lowest BCUT2D eigenvalue weighted by Crippen LogP contribution is -2.36. The van der Waals surface area contributed by atoms with E-state index in [9.17, 15) is 14.7 Å². The first-order valence-electron chi connectivity index (χ1n) is 10.3. The minimum atomic E-state index is -1.36. The van der Waals surface area contributed by atoms with Crippen LogP contribution in [0.4, 0.5) is 15.3 Å². The Morgan fingerprint density at radius 1 is 1.26 bits per heavy atom. The van der Waals surface area contributed by atoms with Crippen LogP contribution in [0.2, 0.25) is 0 Å². The van der Waals surface area contributed by atoms with Crippen molar-refractivity contribution in [3.05, 3.63) is 46.8 Å². The van der Waals surface area contributed by atoms with Crippen molar-refractivity contribution in [2.75, 3.05) is 18.1 Å². The van der Waals surface area contributed by atoms with E-state index in [1.807, 2.05) is 24.3 Å². The highest BCUT2D eigenvalue weighted by molar-refractivity contribution is 7.13. The van der Waals surface area contributed by atoms with Gasteiger partial charge in [0.15, 0.2) is 5.06 Å². The van der Waals surface area contributed by atoms with Gasteiger partial charge < -0.3 is 24.4 Å². The number of hydrogen-bond donors (Lipinski definition) is 2. The van der Waals surface area contributed by atoms with E-state index in [1.165, 1.54) is 11.3 Å². The number of aliphatic hydroxyl groups is 1. The Morgan fingerprint density at radius 3 is 2.74 bits per heavy atom. The van der Waals surface area contributed by atoms with Gasteiger partial charge >= 0.3 is 12.2 Å². The second-order valence-corrected chi connectivity index (χ2v) is 8.44. The van der Waals surface area contributed by atoms with Crippen molar-refractivity contribution in [3.63, 3.8) is 0 Å². The molecule has 0 spiro atoms. The number of carbonyl (C=O) groups is 2. The number of carboxylic acid groups (broad SMARTS) is 1. The highest BCUT2D eigenvalue weighted by atomic mass is 32.1. The number of cyclic esters (lactones) is 1. The van der Waals surface area contributed by atoms with E-state index in [0.29, 0.717) is 5.69 Å². The summed E-state index contributed by atoms with van der Waals surface area (Å²) in [5, 5.41) is 19.2. The molecule has 3 rings (SSSR count). The van der Waals surface area contributed by atoms with Gasteiger partial charge in [-0.3, -0.25) is 4.90 Å². The first kappa shape index (κ1) is 23.1. The van der Waals surface area contributed by atoms with E-state index in [2.05, 4.69) is 11.7 Å². The van der Waals surface area contributed by atoms with Gasteiger partial charge in [0, 0.05) is 10.6 Å². The molecule has 1 amide bonds. The van der Waals surface area contributed by atoms with Crippen LogP contribution in [0.15, 0.2) is 36.4 Å². The molecular weight excluding hydrogens is 422 g/mol. The van der Waals surface area contributed by atoms with Gasteiger partial charge in [0.25, 0.3) is 0 Å². The maximum Gasteiger partial charge on any atom is 0.512 e. The van der Waals surface area contributed by atoms with E-state index in [0.717, 1.165) is 36.1 Å². The second-order valence-electron chi connectivity index (χ2n) is 7.31. The van der Waals surface area contributed by atoms with Crippen LogP contribution in [0.3, 0.4) is 0 Å². The number of anilines is 1. The van der Waals surface area contributed by atoms with Crippen LogP contribution < -0.4 is 9.64 Å². The third kappa shape index (κ3) is 6.43. The molecule has 31 heavy (non-hydrogen) atoms. The van der Waals surface area contributed by atoms with Crippen LogP contribution in [0.1, 0.15) is 49.2 Å². The average molecular weight is 450 g/mol. The summed E-state index contributed by atoms with van der Waals surface area (Å²) in [6.45, 7) is 2.88. The van der Waals surface area contributed by atoms with Gasteiger partial charge in [-0.2, -0.15) is 0 Å². The molecule has 2 N–H and O–H groups in total. The van der Waals surface area contributed by atoms with Crippen LogP contribution in [0.25, 0.3) is 0 Å². The summed E-state index contributed by atoms with van der Waals surface area (Å²) < 4.78 is 15.5. The monoisotopic (exact) mass is 449 g/mol. The molecule has 9 heteroatoms. The molecule has 1 aliphatic heterocycles. The fourth-order valence-corrected chi connectivity index (χ4v) is 4.17. The molecular formula is C22H27NO7S. The molecule has 1 unspecified atom stereocenters. The summed E-state index contributed by atoms with van der Waals surface area (Å²) in [6, 6.07) is 10.3. The zero-order valence-electron chi connectivity index (χ0n) is 17.4. The SMILES string of the molecule is CCCCC[C@H](O)c1ccc(N2C(=O)OCC2COCc2ccc(OC(=O)O)s2)cc1. The van der Waals surface area contributed by atoms with Crippen molar-refractivity contribution in [3.8, 4) is 5.06 Å². The minimum absolute atomic E-state index is 0.220. The molecule has 2 heterocycles. The molecule has 1 aliphatic rings. The second kappa shape index (κ2) is 11.1. The van der Waals surface area contributed by atoms with Gasteiger partial charge in [0.2, 0.25) is 0 Å². The highest BCUT2D eigenvalue weighted by Gasteiger charge is 2.34. The molecule has 0 bridgehead atoms. The molecule has 1 aromatic carbocycles. The number of rotatable bonds is 11. The number of unbranched alkanes of at least 4 members (excludes halogenated alkanes) is 2. The first-order valence-corrected chi connectivity index (χ1v) is 11.1. The lowest BCUT2D eigenvalue weighted by atomic mass is 10.0.